The Kier molecular flexibility index (Phi) is 5.36. The second kappa shape index (κ2) is 6.30. The summed E-state index contributed by atoms with van der Waals surface area (Å²) in [5, 5.41) is 0. The predicted octanol–water partition coefficient (Wildman–Crippen LogP) is 2.93. The molecule has 0 fully saturated rings. The van der Waals surface area contributed by atoms with Gasteiger partial charge < -0.3 is 4.74 Å². The molecule has 1 heterocycles. The summed E-state index contributed by atoms with van der Waals surface area (Å²) in [6.07, 6.45) is 0. The Labute approximate surface area is 99.0 Å². The molecule has 0 aliphatic heterocycles. The van der Waals surface area contributed by atoms with Crippen LogP contribution in [0, 0.1) is 13.8 Å². The minimum Gasteiger partial charge on any atom is -0.384 e. The van der Waals surface area contributed by atoms with E-state index in [9.17, 15) is 4.79 Å². The van der Waals surface area contributed by atoms with E-state index in [0.717, 1.165) is 16.2 Å². The molecule has 0 spiro atoms. The number of thioether (sulfide) groups is 1. The van der Waals surface area contributed by atoms with Gasteiger partial charge in [0.15, 0.2) is 5.78 Å². The molecule has 0 aliphatic carbocycles. The number of methoxy groups -OCH3 is 1. The lowest BCUT2D eigenvalue weighted by Crippen LogP contribution is -2.04. The molecule has 4 heteroatoms. The first kappa shape index (κ1) is 12.7. The lowest BCUT2D eigenvalue weighted by atomic mass is 10.2. The Morgan fingerprint density at radius 1 is 1.53 bits per heavy atom. The van der Waals surface area contributed by atoms with Crippen molar-refractivity contribution < 1.29 is 9.53 Å². The molecule has 15 heavy (non-hydrogen) atoms. The van der Waals surface area contributed by atoms with Crippen molar-refractivity contribution in [2.75, 3.05) is 25.2 Å². The molecule has 0 amide bonds. The first-order valence-electron chi connectivity index (χ1n) is 4.82. The van der Waals surface area contributed by atoms with Gasteiger partial charge in [-0.2, -0.15) is 11.8 Å². The van der Waals surface area contributed by atoms with Crippen molar-refractivity contribution in [3.63, 3.8) is 0 Å². The molecule has 1 aromatic rings. The molecule has 0 bridgehead atoms. The largest absolute Gasteiger partial charge is 0.384 e. The molecular formula is C11H16O2S2. The van der Waals surface area contributed by atoms with E-state index in [-0.39, 0.29) is 5.78 Å². The quantitative estimate of drug-likeness (QED) is 0.568. The molecule has 0 saturated heterocycles. The van der Waals surface area contributed by atoms with Crippen LogP contribution in [0.2, 0.25) is 0 Å². The second-order valence-electron chi connectivity index (χ2n) is 3.30. The van der Waals surface area contributed by atoms with Crippen LogP contribution in [0.15, 0.2) is 6.07 Å². The van der Waals surface area contributed by atoms with Gasteiger partial charge in [-0.3, -0.25) is 4.79 Å². The van der Waals surface area contributed by atoms with Gasteiger partial charge in [0.2, 0.25) is 0 Å². The van der Waals surface area contributed by atoms with Gasteiger partial charge in [-0.1, -0.05) is 0 Å². The normalized spacial score (nSPS) is 10.6. The Balaban J connectivity index is 2.43. The van der Waals surface area contributed by atoms with Gasteiger partial charge >= 0.3 is 0 Å². The zero-order chi connectivity index (χ0) is 11.3. The molecule has 84 valence electrons. The summed E-state index contributed by atoms with van der Waals surface area (Å²) >= 11 is 3.32. The van der Waals surface area contributed by atoms with Crippen LogP contribution in [-0.4, -0.2) is 31.0 Å². The van der Waals surface area contributed by atoms with E-state index in [1.165, 1.54) is 4.88 Å². The highest BCUT2D eigenvalue weighted by Gasteiger charge is 2.11. The fraction of sp³-hybridized carbons (Fsp3) is 0.545. The van der Waals surface area contributed by atoms with Crippen molar-refractivity contribution in [1.82, 2.24) is 0 Å². The van der Waals surface area contributed by atoms with E-state index in [0.29, 0.717) is 12.4 Å². The number of ketones is 1. The topological polar surface area (TPSA) is 26.3 Å². The number of Topliss-reactive ketones (excluding diaryl/α,β-unsaturated/α-hetero) is 1. The van der Waals surface area contributed by atoms with Crippen LogP contribution >= 0.6 is 23.1 Å². The molecule has 0 aromatic carbocycles. The number of carbonyl (C=O) groups excluding carboxylic acids is 1. The number of aryl methyl sites for hydroxylation is 2. The van der Waals surface area contributed by atoms with Crippen molar-refractivity contribution in [3.05, 3.63) is 21.4 Å². The zero-order valence-electron chi connectivity index (χ0n) is 9.33. The Morgan fingerprint density at radius 3 is 2.80 bits per heavy atom. The maximum atomic E-state index is 11.8. The predicted molar refractivity (Wildman–Crippen MR) is 67.3 cm³/mol. The highest BCUT2D eigenvalue weighted by atomic mass is 32.2. The minimum atomic E-state index is 0.234. The van der Waals surface area contributed by atoms with E-state index in [1.807, 2.05) is 19.9 Å². The van der Waals surface area contributed by atoms with Crippen molar-refractivity contribution >= 4 is 28.9 Å². The Morgan fingerprint density at radius 2 is 2.27 bits per heavy atom. The molecule has 0 aliphatic rings. The monoisotopic (exact) mass is 244 g/mol. The van der Waals surface area contributed by atoms with E-state index >= 15 is 0 Å². The smallest absolute Gasteiger partial charge is 0.173 e. The lowest BCUT2D eigenvalue weighted by Gasteiger charge is -2.00. The third-order valence-corrected chi connectivity index (χ3v) is 3.89. The summed E-state index contributed by atoms with van der Waals surface area (Å²) in [6, 6.07) is 1.99. The number of carbonyl (C=O) groups is 1. The number of hydrogen-bond donors (Lipinski definition) is 0. The van der Waals surface area contributed by atoms with Crippen LogP contribution < -0.4 is 0 Å². The first-order chi connectivity index (χ1) is 7.15. The van der Waals surface area contributed by atoms with Crippen LogP contribution in [0.1, 0.15) is 20.1 Å². The van der Waals surface area contributed by atoms with Gasteiger partial charge in [0.05, 0.1) is 12.4 Å². The standard InChI is InChI=1S/C11H16O2S2/c1-8-6-10(9(2)15-8)11(12)7-14-5-4-13-3/h6H,4-5,7H2,1-3H3. The highest BCUT2D eigenvalue weighted by molar-refractivity contribution is 8.00. The van der Waals surface area contributed by atoms with E-state index in [2.05, 4.69) is 0 Å². The second-order valence-corrected chi connectivity index (χ2v) is 5.86. The maximum Gasteiger partial charge on any atom is 0.173 e. The number of thiophene rings is 1. The van der Waals surface area contributed by atoms with Gasteiger partial charge in [-0.05, 0) is 19.9 Å². The van der Waals surface area contributed by atoms with Crippen molar-refractivity contribution in [3.8, 4) is 0 Å². The van der Waals surface area contributed by atoms with Crippen LogP contribution in [0.25, 0.3) is 0 Å². The molecule has 0 radical (unpaired) electrons. The maximum absolute atomic E-state index is 11.8. The summed E-state index contributed by atoms with van der Waals surface area (Å²) in [7, 11) is 1.68. The number of ether oxygens (including phenoxy) is 1. The Bertz CT molecular complexity index is 331. The molecule has 0 atom stereocenters. The van der Waals surface area contributed by atoms with Crippen molar-refractivity contribution in [2.45, 2.75) is 13.8 Å². The van der Waals surface area contributed by atoms with Crippen LogP contribution in [0.3, 0.4) is 0 Å². The Hall–Kier alpha value is -0.320. The number of rotatable bonds is 6. The number of hydrogen-bond acceptors (Lipinski definition) is 4. The fourth-order valence-electron chi connectivity index (χ4n) is 1.29. The molecule has 1 aromatic heterocycles. The molecule has 0 saturated carbocycles. The molecule has 1 rings (SSSR count). The summed E-state index contributed by atoms with van der Waals surface area (Å²) in [5.74, 6) is 1.67. The summed E-state index contributed by atoms with van der Waals surface area (Å²) < 4.78 is 4.93. The van der Waals surface area contributed by atoms with Crippen LogP contribution in [-0.2, 0) is 4.74 Å². The fourth-order valence-corrected chi connectivity index (χ4v) is 3.00. The van der Waals surface area contributed by atoms with Crippen molar-refractivity contribution in [2.24, 2.45) is 0 Å². The summed E-state index contributed by atoms with van der Waals surface area (Å²) in [5.41, 5.74) is 0.891. The van der Waals surface area contributed by atoms with E-state index in [1.54, 1.807) is 30.2 Å². The van der Waals surface area contributed by atoms with E-state index < -0.39 is 0 Å². The van der Waals surface area contributed by atoms with Gasteiger partial charge in [0.1, 0.15) is 0 Å². The first-order valence-corrected chi connectivity index (χ1v) is 6.79. The van der Waals surface area contributed by atoms with Crippen LogP contribution in [0.4, 0.5) is 0 Å². The lowest BCUT2D eigenvalue weighted by molar-refractivity contribution is 0.102. The highest BCUT2D eigenvalue weighted by Crippen LogP contribution is 2.22. The zero-order valence-corrected chi connectivity index (χ0v) is 11.0. The summed E-state index contributed by atoms with van der Waals surface area (Å²) in [6.45, 7) is 4.75. The van der Waals surface area contributed by atoms with Gasteiger partial charge in [0.25, 0.3) is 0 Å². The SMILES string of the molecule is COCCSCC(=O)c1cc(C)sc1C. The summed E-state index contributed by atoms with van der Waals surface area (Å²) in [4.78, 5) is 14.1. The third-order valence-electron chi connectivity index (χ3n) is 2.01. The van der Waals surface area contributed by atoms with E-state index in [4.69, 9.17) is 4.74 Å². The van der Waals surface area contributed by atoms with Gasteiger partial charge in [-0.25, -0.2) is 0 Å². The average Bonchev–Trinajstić information content (AvgIpc) is 2.52. The van der Waals surface area contributed by atoms with Gasteiger partial charge in [0, 0.05) is 28.2 Å². The molecular weight excluding hydrogens is 228 g/mol. The molecule has 2 nitrogen and oxygen atoms in total. The average molecular weight is 244 g/mol. The molecule has 0 N–H and O–H groups in total. The third kappa shape index (κ3) is 3.97. The van der Waals surface area contributed by atoms with Crippen LogP contribution in [0.5, 0.6) is 0 Å². The van der Waals surface area contributed by atoms with Crippen molar-refractivity contribution in [1.29, 1.82) is 0 Å². The minimum absolute atomic E-state index is 0.234. The molecule has 0 unspecified atom stereocenters. The van der Waals surface area contributed by atoms with Gasteiger partial charge in [-0.15, -0.1) is 11.3 Å².